The van der Waals surface area contributed by atoms with Gasteiger partial charge in [-0.25, -0.2) is 4.39 Å². The van der Waals surface area contributed by atoms with Crippen molar-refractivity contribution >= 4 is 11.6 Å². The van der Waals surface area contributed by atoms with Crippen LogP contribution in [0.3, 0.4) is 0 Å². The molecule has 1 aliphatic rings. The first kappa shape index (κ1) is 22.2. The minimum atomic E-state index is -0.396. The molecule has 2 aromatic rings. The molecule has 7 heteroatoms. The number of likely N-dealkylation sites (N-methyl/N-ethyl adjacent to an activating group) is 1. The van der Waals surface area contributed by atoms with Gasteiger partial charge in [-0.05, 0) is 41.9 Å². The number of ether oxygens (including phenoxy) is 2. The van der Waals surface area contributed by atoms with Crippen LogP contribution in [0.4, 0.5) is 10.1 Å². The van der Waals surface area contributed by atoms with Crippen LogP contribution in [-0.2, 0) is 22.6 Å². The minimum absolute atomic E-state index is 0.0910. The average Bonchev–Trinajstić information content (AvgIpc) is 2.75. The number of benzene rings is 2. The third-order valence-electron chi connectivity index (χ3n) is 5.18. The zero-order chi connectivity index (χ0) is 21.3. The van der Waals surface area contributed by atoms with Crippen molar-refractivity contribution in [3.8, 4) is 5.75 Å². The highest BCUT2D eigenvalue weighted by molar-refractivity contribution is 5.92. The summed E-state index contributed by atoms with van der Waals surface area (Å²) in [6.45, 7) is 7.74. The second-order valence-corrected chi connectivity index (χ2v) is 7.41. The first-order valence-electron chi connectivity index (χ1n) is 10.3. The predicted molar refractivity (Wildman–Crippen MR) is 115 cm³/mol. The number of nitrogens with one attached hydrogen (secondary N) is 1. The number of halogens is 1. The quantitative estimate of drug-likeness (QED) is 0.682. The molecule has 3 rings (SSSR count). The maximum atomic E-state index is 13.9. The smallest absolute Gasteiger partial charge is 0.238 e. The molecule has 6 nitrogen and oxygen atoms in total. The Bertz CT molecular complexity index is 823. The third kappa shape index (κ3) is 6.52. The summed E-state index contributed by atoms with van der Waals surface area (Å²) in [6, 6.07) is 12.8. The number of amides is 1. The Morgan fingerprint density at radius 3 is 2.50 bits per heavy atom. The number of anilines is 1. The summed E-state index contributed by atoms with van der Waals surface area (Å²) in [4.78, 5) is 16.8. The lowest BCUT2D eigenvalue weighted by molar-refractivity contribution is -0.117. The zero-order valence-corrected chi connectivity index (χ0v) is 17.7. The molecule has 1 heterocycles. The Kier molecular flexibility index (Phi) is 8.19. The maximum absolute atomic E-state index is 13.9. The van der Waals surface area contributed by atoms with Crippen molar-refractivity contribution in [2.45, 2.75) is 20.0 Å². The number of methoxy groups -OCH3 is 1. The van der Waals surface area contributed by atoms with E-state index in [9.17, 15) is 9.18 Å². The summed E-state index contributed by atoms with van der Waals surface area (Å²) in [7, 11) is 1.44. The normalized spacial score (nSPS) is 14.7. The van der Waals surface area contributed by atoms with E-state index in [0.29, 0.717) is 13.1 Å². The van der Waals surface area contributed by atoms with Gasteiger partial charge in [0, 0.05) is 31.9 Å². The van der Waals surface area contributed by atoms with Crippen LogP contribution in [0.5, 0.6) is 5.75 Å². The zero-order valence-electron chi connectivity index (χ0n) is 17.7. The van der Waals surface area contributed by atoms with E-state index in [2.05, 4.69) is 10.2 Å². The lowest BCUT2D eigenvalue weighted by Crippen LogP contribution is -2.35. The van der Waals surface area contributed by atoms with Gasteiger partial charge in [-0.1, -0.05) is 25.1 Å². The van der Waals surface area contributed by atoms with Gasteiger partial charge in [-0.15, -0.1) is 0 Å². The van der Waals surface area contributed by atoms with Crippen molar-refractivity contribution in [1.82, 2.24) is 9.80 Å². The number of rotatable bonds is 9. The minimum Gasteiger partial charge on any atom is -0.494 e. The molecule has 1 N–H and O–H groups in total. The molecule has 1 aliphatic heterocycles. The Labute approximate surface area is 177 Å². The summed E-state index contributed by atoms with van der Waals surface area (Å²) in [5.74, 6) is -0.268. The van der Waals surface area contributed by atoms with E-state index in [0.717, 1.165) is 44.1 Å². The second kappa shape index (κ2) is 11.1. The van der Waals surface area contributed by atoms with E-state index < -0.39 is 5.82 Å². The highest BCUT2D eigenvalue weighted by atomic mass is 19.1. The van der Waals surface area contributed by atoms with Crippen LogP contribution in [0.25, 0.3) is 0 Å². The van der Waals surface area contributed by atoms with E-state index in [-0.39, 0.29) is 18.2 Å². The van der Waals surface area contributed by atoms with E-state index in [1.54, 1.807) is 6.07 Å². The Hall–Kier alpha value is -2.48. The molecule has 0 atom stereocenters. The predicted octanol–water partition coefficient (Wildman–Crippen LogP) is 3.13. The SMILES string of the molecule is CCN(CC(=O)Nc1ccc(CN2CCOCC2)cc1)Cc1ccc(OC)c(F)c1. The van der Waals surface area contributed by atoms with Crippen molar-refractivity contribution in [1.29, 1.82) is 0 Å². The standard InChI is InChI=1S/C23H30FN3O3/c1-3-26(16-19-6-9-22(29-2)21(24)14-19)17-23(28)25-20-7-4-18(5-8-20)15-27-10-12-30-13-11-27/h4-9,14H,3,10-13,15-17H2,1-2H3,(H,25,28). The van der Waals surface area contributed by atoms with E-state index >= 15 is 0 Å². The van der Waals surface area contributed by atoms with Gasteiger partial charge >= 0.3 is 0 Å². The van der Waals surface area contributed by atoms with Gasteiger partial charge in [0.05, 0.1) is 26.9 Å². The first-order chi connectivity index (χ1) is 14.6. The fourth-order valence-corrected chi connectivity index (χ4v) is 3.46. The Morgan fingerprint density at radius 1 is 1.17 bits per heavy atom. The van der Waals surface area contributed by atoms with Crippen molar-refractivity contribution in [3.05, 3.63) is 59.4 Å². The van der Waals surface area contributed by atoms with Gasteiger partial charge in [-0.3, -0.25) is 14.6 Å². The van der Waals surface area contributed by atoms with Crippen LogP contribution in [0.2, 0.25) is 0 Å². The number of hydrogen-bond acceptors (Lipinski definition) is 5. The third-order valence-corrected chi connectivity index (χ3v) is 5.18. The summed E-state index contributed by atoms with van der Waals surface area (Å²) >= 11 is 0. The van der Waals surface area contributed by atoms with Crippen molar-refractivity contribution in [2.24, 2.45) is 0 Å². The summed E-state index contributed by atoms with van der Waals surface area (Å²) in [5.41, 5.74) is 2.79. The average molecular weight is 416 g/mol. The van der Waals surface area contributed by atoms with Gasteiger partial charge in [0.1, 0.15) is 0 Å². The molecule has 30 heavy (non-hydrogen) atoms. The highest BCUT2D eigenvalue weighted by Gasteiger charge is 2.13. The first-order valence-corrected chi connectivity index (χ1v) is 10.3. The molecule has 2 aromatic carbocycles. The van der Waals surface area contributed by atoms with Crippen LogP contribution in [0.1, 0.15) is 18.1 Å². The lowest BCUT2D eigenvalue weighted by Gasteiger charge is -2.26. The molecule has 0 bridgehead atoms. The largest absolute Gasteiger partial charge is 0.494 e. The summed E-state index contributed by atoms with van der Waals surface area (Å²) in [6.07, 6.45) is 0. The molecule has 0 spiro atoms. The monoisotopic (exact) mass is 415 g/mol. The summed E-state index contributed by atoms with van der Waals surface area (Å²) in [5, 5.41) is 2.94. The molecule has 162 valence electrons. The van der Waals surface area contributed by atoms with Crippen molar-refractivity contribution in [2.75, 3.05) is 51.8 Å². The number of nitrogens with zero attached hydrogens (tertiary/aromatic N) is 2. The van der Waals surface area contributed by atoms with Crippen LogP contribution < -0.4 is 10.1 Å². The molecule has 0 unspecified atom stereocenters. The number of carbonyl (C=O) groups excluding carboxylic acids is 1. The van der Waals surface area contributed by atoms with Crippen molar-refractivity contribution in [3.63, 3.8) is 0 Å². The molecular formula is C23H30FN3O3. The van der Waals surface area contributed by atoms with Gasteiger partial charge in [0.25, 0.3) is 0 Å². The maximum Gasteiger partial charge on any atom is 0.238 e. The highest BCUT2D eigenvalue weighted by Crippen LogP contribution is 2.19. The molecule has 0 radical (unpaired) electrons. The Morgan fingerprint density at radius 2 is 1.87 bits per heavy atom. The Balaban J connectivity index is 1.50. The van der Waals surface area contributed by atoms with E-state index in [1.165, 1.54) is 18.7 Å². The fourth-order valence-electron chi connectivity index (χ4n) is 3.46. The molecule has 1 saturated heterocycles. The van der Waals surface area contributed by atoms with Gasteiger partial charge in [0.2, 0.25) is 5.91 Å². The van der Waals surface area contributed by atoms with E-state index in [4.69, 9.17) is 9.47 Å². The van der Waals surface area contributed by atoms with Gasteiger partial charge < -0.3 is 14.8 Å². The number of hydrogen-bond donors (Lipinski definition) is 1. The fraction of sp³-hybridized carbons (Fsp3) is 0.435. The summed E-state index contributed by atoms with van der Waals surface area (Å²) < 4.78 is 24.2. The lowest BCUT2D eigenvalue weighted by atomic mass is 10.2. The molecule has 1 amide bonds. The molecule has 0 saturated carbocycles. The van der Waals surface area contributed by atoms with Crippen molar-refractivity contribution < 1.29 is 18.7 Å². The second-order valence-electron chi connectivity index (χ2n) is 7.41. The van der Waals surface area contributed by atoms with Gasteiger partial charge in [0.15, 0.2) is 11.6 Å². The van der Waals surface area contributed by atoms with Crippen LogP contribution in [0, 0.1) is 5.82 Å². The van der Waals surface area contributed by atoms with Crippen LogP contribution in [0.15, 0.2) is 42.5 Å². The number of morpholine rings is 1. The molecular weight excluding hydrogens is 385 g/mol. The molecule has 0 aliphatic carbocycles. The topological polar surface area (TPSA) is 54.0 Å². The van der Waals surface area contributed by atoms with Gasteiger partial charge in [-0.2, -0.15) is 0 Å². The van der Waals surface area contributed by atoms with E-state index in [1.807, 2.05) is 42.2 Å². The molecule has 0 aromatic heterocycles. The van der Waals surface area contributed by atoms with Crippen LogP contribution in [-0.4, -0.2) is 62.2 Å². The number of carbonyl (C=O) groups is 1. The molecule has 1 fully saturated rings. The van der Waals surface area contributed by atoms with Crippen LogP contribution >= 0.6 is 0 Å².